The maximum Gasteiger partial charge on any atom is 0.238 e. The summed E-state index contributed by atoms with van der Waals surface area (Å²) in [7, 11) is 0. The molecule has 0 atom stereocenters. The van der Waals surface area contributed by atoms with Gasteiger partial charge in [-0.2, -0.15) is 0 Å². The van der Waals surface area contributed by atoms with Crippen LogP contribution < -0.4 is 10.4 Å². The van der Waals surface area contributed by atoms with Gasteiger partial charge in [0.25, 0.3) is 0 Å². The van der Waals surface area contributed by atoms with Crippen molar-refractivity contribution >= 4 is 23.2 Å². The van der Waals surface area contributed by atoms with Crippen LogP contribution in [0.25, 0.3) is 0 Å². The Morgan fingerprint density at radius 2 is 2.18 bits per heavy atom. The molecule has 0 unspecified atom stereocenters. The van der Waals surface area contributed by atoms with Gasteiger partial charge in [0.15, 0.2) is 0 Å². The molecular weight excluding hydrogens is 236 g/mol. The Morgan fingerprint density at radius 1 is 1.47 bits per heavy atom. The average molecular weight is 255 g/mol. The van der Waals surface area contributed by atoms with Crippen LogP contribution in [0.1, 0.15) is 32.3 Å². The zero-order valence-electron chi connectivity index (χ0n) is 10.6. The summed E-state index contributed by atoms with van der Waals surface area (Å²) in [5.74, 6) is -0.0581. The third-order valence-corrected chi connectivity index (χ3v) is 2.83. The van der Waals surface area contributed by atoms with Gasteiger partial charge in [-0.05, 0) is 25.0 Å². The number of para-hydroxylation sites is 1. The second kappa shape index (κ2) is 6.62. The summed E-state index contributed by atoms with van der Waals surface area (Å²) in [5.41, 5.74) is 4.85. The quantitative estimate of drug-likeness (QED) is 0.646. The Balaban J connectivity index is 2.93. The van der Waals surface area contributed by atoms with Gasteiger partial charge >= 0.3 is 0 Å². The number of halogens is 1. The molecular formula is C13H19ClN2O. The van der Waals surface area contributed by atoms with Crippen LogP contribution in [0.3, 0.4) is 0 Å². The molecule has 0 aromatic heterocycles. The van der Waals surface area contributed by atoms with Crippen LogP contribution in [0.15, 0.2) is 18.2 Å². The minimum atomic E-state index is -0.0581. The number of aryl methyl sites for hydroxylation is 1. The van der Waals surface area contributed by atoms with E-state index < -0.39 is 0 Å². The predicted octanol–water partition coefficient (Wildman–Crippen LogP) is 3.31. The lowest BCUT2D eigenvalue weighted by molar-refractivity contribution is -0.117. The number of anilines is 1. The molecule has 0 spiro atoms. The highest BCUT2D eigenvalue weighted by atomic mass is 35.5. The molecule has 1 N–H and O–H groups in total. The number of hydrogen-bond donors (Lipinski definition) is 1. The van der Waals surface area contributed by atoms with Crippen molar-refractivity contribution in [2.45, 2.75) is 33.6 Å². The molecule has 0 radical (unpaired) electrons. The van der Waals surface area contributed by atoms with Gasteiger partial charge in [-0.25, -0.2) is 10.4 Å². The second-order valence-corrected chi connectivity index (χ2v) is 4.43. The van der Waals surface area contributed by atoms with E-state index in [1.165, 1.54) is 11.9 Å². The van der Waals surface area contributed by atoms with Crippen molar-refractivity contribution in [2.24, 2.45) is 0 Å². The van der Waals surface area contributed by atoms with Crippen molar-refractivity contribution < 1.29 is 4.79 Å². The highest BCUT2D eigenvalue weighted by Crippen LogP contribution is 2.28. The lowest BCUT2D eigenvalue weighted by atomic mass is 10.2. The Labute approximate surface area is 108 Å². The van der Waals surface area contributed by atoms with Crippen molar-refractivity contribution in [3.63, 3.8) is 0 Å². The number of hydrazine groups is 1. The summed E-state index contributed by atoms with van der Waals surface area (Å²) in [6.07, 6.45) is 2.10. The molecule has 0 saturated heterocycles. The predicted molar refractivity (Wildman–Crippen MR) is 72.3 cm³/mol. The molecule has 0 saturated carbocycles. The van der Waals surface area contributed by atoms with Gasteiger partial charge in [0.2, 0.25) is 5.91 Å². The van der Waals surface area contributed by atoms with Crippen molar-refractivity contribution in [3.8, 4) is 0 Å². The first-order valence-corrected chi connectivity index (χ1v) is 6.25. The fourth-order valence-corrected chi connectivity index (χ4v) is 1.93. The third-order valence-electron chi connectivity index (χ3n) is 2.53. The molecule has 17 heavy (non-hydrogen) atoms. The molecule has 0 aliphatic heterocycles. The molecule has 1 rings (SSSR count). The van der Waals surface area contributed by atoms with Crippen LogP contribution in [0.2, 0.25) is 5.02 Å². The Hall–Kier alpha value is -1.06. The lowest BCUT2D eigenvalue weighted by Gasteiger charge is -2.24. The number of unbranched alkanes of at least 4 members (excludes halogenated alkanes) is 1. The number of carbonyl (C=O) groups is 1. The van der Waals surface area contributed by atoms with Crippen molar-refractivity contribution in [1.82, 2.24) is 5.43 Å². The summed E-state index contributed by atoms with van der Waals surface area (Å²) < 4.78 is 0. The molecule has 3 nitrogen and oxygen atoms in total. The van der Waals surface area contributed by atoms with Crippen LogP contribution in [0.5, 0.6) is 0 Å². The van der Waals surface area contributed by atoms with E-state index in [9.17, 15) is 4.79 Å². The number of hydrogen-bond acceptors (Lipinski definition) is 2. The monoisotopic (exact) mass is 254 g/mol. The van der Waals surface area contributed by atoms with E-state index in [1.807, 2.05) is 19.1 Å². The molecule has 1 amide bonds. The maximum absolute atomic E-state index is 11.6. The topological polar surface area (TPSA) is 32.3 Å². The van der Waals surface area contributed by atoms with Crippen LogP contribution in [-0.2, 0) is 4.79 Å². The van der Waals surface area contributed by atoms with E-state index in [2.05, 4.69) is 12.3 Å². The zero-order valence-corrected chi connectivity index (χ0v) is 11.3. The van der Waals surface area contributed by atoms with Gasteiger partial charge in [0, 0.05) is 13.5 Å². The molecule has 0 aliphatic rings. The average Bonchev–Trinajstić information content (AvgIpc) is 2.26. The smallest absolute Gasteiger partial charge is 0.238 e. The molecule has 1 aromatic carbocycles. The molecule has 94 valence electrons. The summed E-state index contributed by atoms with van der Waals surface area (Å²) in [5, 5.41) is 2.12. The van der Waals surface area contributed by atoms with E-state index >= 15 is 0 Å². The first-order chi connectivity index (χ1) is 8.07. The highest BCUT2D eigenvalue weighted by Gasteiger charge is 2.16. The Bertz CT molecular complexity index is 373. The minimum absolute atomic E-state index is 0.0581. The molecule has 0 aliphatic carbocycles. The molecule has 0 fully saturated rings. The van der Waals surface area contributed by atoms with Gasteiger partial charge in [0.1, 0.15) is 0 Å². The molecule has 1 aromatic rings. The van der Waals surface area contributed by atoms with E-state index in [1.54, 1.807) is 6.07 Å². The van der Waals surface area contributed by atoms with Crippen LogP contribution >= 0.6 is 11.6 Å². The number of nitrogens with zero attached hydrogens (tertiary/aromatic N) is 1. The second-order valence-electron chi connectivity index (χ2n) is 4.02. The van der Waals surface area contributed by atoms with Crippen LogP contribution in [0, 0.1) is 6.92 Å². The SMILES string of the molecule is CCCCNN(C(C)=O)c1c(C)cccc1Cl. The van der Waals surface area contributed by atoms with Gasteiger partial charge < -0.3 is 0 Å². The first kappa shape index (κ1) is 14.0. The summed E-state index contributed by atoms with van der Waals surface area (Å²) in [6.45, 7) is 6.35. The minimum Gasteiger partial charge on any atom is -0.273 e. The summed E-state index contributed by atoms with van der Waals surface area (Å²) in [4.78, 5) is 11.6. The van der Waals surface area contributed by atoms with Crippen molar-refractivity contribution in [3.05, 3.63) is 28.8 Å². The van der Waals surface area contributed by atoms with E-state index in [4.69, 9.17) is 11.6 Å². The normalized spacial score (nSPS) is 10.4. The number of carbonyl (C=O) groups excluding carboxylic acids is 1. The first-order valence-electron chi connectivity index (χ1n) is 5.87. The summed E-state index contributed by atoms with van der Waals surface area (Å²) >= 11 is 6.15. The van der Waals surface area contributed by atoms with Crippen molar-refractivity contribution in [2.75, 3.05) is 11.6 Å². The lowest BCUT2D eigenvalue weighted by Crippen LogP contribution is -2.42. The van der Waals surface area contributed by atoms with Gasteiger partial charge in [-0.3, -0.25) is 4.79 Å². The number of amides is 1. The fraction of sp³-hybridized carbons (Fsp3) is 0.462. The maximum atomic E-state index is 11.6. The Kier molecular flexibility index (Phi) is 5.45. The van der Waals surface area contributed by atoms with E-state index in [0.717, 1.165) is 30.6 Å². The standard InChI is InChI=1S/C13H19ClN2O/c1-4-5-9-15-16(11(3)17)13-10(2)7-6-8-12(13)14/h6-8,15H,4-5,9H2,1-3H3. The number of rotatable bonds is 5. The van der Waals surface area contributed by atoms with Crippen LogP contribution in [-0.4, -0.2) is 12.5 Å². The molecule has 0 bridgehead atoms. The largest absolute Gasteiger partial charge is 0.273 e. The zero-order chi connectivity index (χ0) is 12.8. The van der Waals surface area contributed by atoms with Gasteiger partial charge in [0.05, 0.1) is 10.7 Å². The van der Waals surface area contributed by atoms with Gasteiger partial charge in [-0.1, -0.05) is 37.1 Å². The Morgan fingerprint density at radius 3 is 2.71 bits per heavy atom. The summed E-state index contributed by atoms with van der Waals surface area (Å²) in [6, 6.07) is 5.62. The highest BCUT2D eigenvalue weighted by molar-refractivity contribution is 6.34. The molecule has 4 heteroatoms. The van der Waals surface area contributed by atoms with Crippen molar-refractivity contribution in [1.29, 1.82) is 0 Å². The fourth-order valence-electron chi connectivity index (χ4n) is 1.62. The number of nitrogens with one attached hydrogen (secondary N) is 1. The number of benzene rings is 1. The van der Waals surface area contributed by atoms with Crippen LogP contribution in [0.4, 0.5) is 5.69 Å². The molecule has 0 heterocycles. The van der Waals surface area contributed by atoms with Gasteiger partial charge in [-0.15, -0.1) is 0 Å². The van der Waals surface area contributed by atoms with E-state index in [-0.39, 0.29) is 5.91 Å². The third kappa shape index (κ3) is 3.72. The van der Waals surface area contributed by atoms with E-state index in [0.29, 0.717) is 5.02 Å².